The number of hydrogen-bond donors (Lipinski definition) is 0. The summed E-state index contributed by atoms with van der Waals surface area (Å²) >= 11 is 6.00. The minimum atomic E-state index is 0.760. The zero-order chi connectivity index (χ0) is 19.6. The number of benzene rings is 5. The van der Waals surface area contributed by atoms with Crippen LogP contribution < -0.4 is 0 Å². The SMILES string of the molecule is Clc1ccc(-c2ccc(-c3cccc(-c4ccc5ccccc5c4)c3)cc2)cc1. The molecule has 0 atom stereocenters. The number of fused-ring (bicyclic) bond motifs is 1. The number of rotatable bonds is 3. The van der Waals surface area contributed by atoms with E-state index in [1.165, 1.54) is 44.2 Å². The van der Waals surface area contributed by atoms with Gasteiger partial charge < -0.3 is 0 Å². The molecule has 0 aliphatic rings. The molecule has 0 radical (unpaired) electrons. The highest BCUT2D eigenvalue weighted by Crippen LogP contribution is 2.30. The number of hydrogen-bond acceptors (Lipinski definition) is 0. The van der Waals surface area contributed by atoms with E-state index in [9.17, 15) is 0 Å². The minimum absolute atomic E-state index is 0.760. The summed E-state index contributed by atoms with van der Waals surface area (Å²) in [6.07, 6.45) is 0. The highest BCUT2D eigenvalue weighted by Gasteiger charge is 2.04. The van der Waals surface area contributed by atoms with Crippen LogP contribution in [0.2, 0.25) is 5.02 Å². The minimum Gasteiger partial charge on any atom is -0.0843 e. The van der Waals surface area contributed by atoms with E-state index in [4.69, 9.17) is 11.6 Å². The Morgan fingerprint density at radius 3 is 1.52 bits per heavy atom. The Balaban J connectivity index is 1.48. The molecule has 0 spiro atoms. The lowest BCUT2D eigenvalue weighted by atomic mass is 9.96. The normalized spacial score (nSPS) is 10.9. The van der Waals surface area contributed by atoms with Crippen LogP contribution in [0, 0.1) is 0 Å². The molecule has 5 aromatic carbocycles. The molecule has 0 nitrogen and oxygen atoms in total. The summed E-state index contributed by atoms with van der Waals surface area (Å²) in [5, 5.41) is 3.30. The van der Waals surface area contributed by atoms with E-state index in [1.807, 2.05) is 12.1 Å². The van der Waals surface area contributed by atoms with Crippen LogP contribution in [0.25, 0.3) is 44.2 Å². The van der Waals surface area contributed by atoms with Gasteiger partial charge in [0.1, 0.15) is 0 Å². The van der Waals surface area contributed by atoms with Crippen LogP contribution in [0.1, 0.15) is 0 Å². The average Bonchev–Trinajstić information content (AvgIpc) is 2.79. The van der Waals surface area contributed by atoms with Crippen LogP contribution in [0.15, 0.2) is 115 Å². The predicted octanol–water partition coefficient (Wildman–Crippen LogP) is 8.49. The van der Waals surface area contributed by atoms with Crippen LogP contribution in [0.5, 0.6) is 0 Å². The Morgan fingerprint density at radius 1 is 0.345 bits per heavy atom. The Labute approximate surface area is 176 Å². The third kappa shape index (κ3) is 3.68. The molecule has 0 aromatic heterocycles. The second-order valence-electron chi connectivity index (χ2n) is 7.23. The molecule has 0 unspecified atom stereocenters. The summed E-state index contributed by atoms with van der Waals surface area (Å²) in [6, 6.07) is 40.5. The van der Waals surface area contributed by atoms with Gasteiger partial charge in [0, 0.05) is 5.02 Å². The molecule has 0 fully saturated rings. The molecule has 0 saturated heterocycles. The van der Waals surface area contributed by atoms with E-state index in [1.54, 1.807) is 0 Å². The van der Waals surface area contributed by atoms with Crippen molar-refractivity contribution in [3.05, 3.63) is 120 Å². The van der Waals surface area contributed by atoms with Gasteiger partial charge in [0.05, 0.1) is 0 Å². The fraction of sp³-hybridized carbons (Fsp3) is 0. The first-order chi connectivity index (χ1) is 14.3. The lowest BCUT2D eigenvalue weighted by molar-refractivity contribution is 1.58. The third-order valence-electron chi connectivity index (χ3n) is 5.34. The van der Waals surface area contributed by atoms with Crippen molar-refractivity contribution in [1.82, 2.24) is 0 Å². The van der Waals surface area contributed by atoms with Crippen LogP contribution in [0.3, 0.4) is 0 Å². The first-order valence-corrected chi connectivity index (χ1v) is 10.1. The maximum Gasteiger partial charge on any atom is 0.0406 e. The molecule has 0 N–H and O–H groups in total. The lowest BCUT2D eigenvalue weighted by Gasteiger charge is -2.09. The van der Waals surface area contributed by atoms with Crippen LogP contribution in [0.4, 0.5) is 0 Å². The highest BCUT2D eigenvalue weighted by atomic mass is 35.5. The fourth-order valence-corrected chi connectivity index (χ4v) is 3.87. The average molecular weight is 391 g/mol. The van der Waals surface area contributed by atoms with Crippen molar-refractivity contribution in [1.29, 1.82) is 0 Å². The first kappa shape index (κ1) is 17.7. The summed E-state index contributed by atoms with van der Waals surface area (Å²) in [5.74, 6) is 0. The van der Waals surface area contributed by atoms with Crippen molar-refractivity contribution in [3.63, 3.8) is 0 Å². The predicted molar refractivity (Wildman–Crippen MR) is 125 cm³/mol. The van der Waals surface area contributed by atoms with Gasteiger partial charge in [-0.05, 0) is 68.4 Å². The quantitative estimate of drug-likeness (QED) is 0.289. The summed E-state index contributed by atoms with van der Waals surface area (Å²) < 4.78 is 0. The Kier molecular flexibility index (Phi) is 4.63. The van der Waals surface area contributed by atoms with Gasteiger partial charge >= 0.3 is 0 Å². The van der Waals surface area contributed by atoms with E-state index >= 15 is 0 Å². The molecule has 138 valence electrons. The smallest absolute Gasteiger partial charge is 0.0406 e. The van der Waals surface area contributed by atoms with Crippen molar-refractivity contribution >= 4 is 22.4 Å². The Morgan fingerprint density at radius 2 is 0.828 bits per heavy atom. The molecule has 1 heteroatoms. The fourth-order valence-electron chi connectivity index (χ4n) is 3.74. The summed E-state index contributed by atoms with van der Waals surface area (Å²) in [6.45, 7) is 0. The van der Waals surface area contributed by atoms with Gasteiger partial charge in [0.25, 0.3) is 0 Å². The monoisotopic (exact) mass is 390 g/mol. The molecule has 0 aliphatic carbocycles. The van der Waals surface area contributed by atoms with Crippen molar-refractivity contribution in [3.8, 4) is 33.4 Å². The van der Waals surface area contributed by atoms with Gasteiger partial charge in [-0.2, -0.15) is 0 Å². The molecular weight excluding hydrogens is 372 g/mol. The summed E-state index contributed by atoms with van der Waals surface area (Å²) in [5.41, 5.74) is 7.27. The van der Waals surface area contributed by atoms with Crippen LogP contribution in [-0.4, -0.2) is 0 Å². The first-order valence-electron chi connectivity index (χ1n) is 9.72. The van der Waals surface area contributed by atoms with E-state index in [0.717, 1.165) is 5.02 Å². The zero-order valence-corrected chi connectivity index (χ0v) is 16.6. The number of halogens is 1. The maximum atomic E-state index is 6.00. The lowest BCUT2D eigenvalue weighted by Crippen LogP contribution is -1.83. The Bertz CT molecular complexity index is 1280. The van der Waals surface area contributed by atoms with E-state index in [0.29, 0.717) is 0 Å². The molecule has 0 heterocycles. The van der Waals surface area contributed by atoms with Crippen LogP contribution >= 0.6 is 11.6 Å². The molecule has 29 heavy (non-hydrogen) atoms. The van der Waals surface area contributed by atoms with Crippen molar-refractivity contribution in [2.24, 2.45) is 0 Å². The molecule has 5 aromatic rings. The standard InChI is InChI=1S/C28H19Cl/c29-28-16-14-22(15-17-28)21-8-10-23(11-9-21)25-6-3-7-26(18-25)27-13-12-20-4-1-2-5-24(20)19-27/h1-19H. The molecule has 0 saturated carbocycles. The topological polar surface area (TPSA) is 0 Å². The van der Waals surface area contributed by atoms with Gasteiger partial charge in [-0.3, -0.25) is 0 Å². The van der Waals surface area contributed by atoms with E-state index < -0.39 is 0 Å². The van der Waals surface area contributed by atoms with Gasteiger partial charge in [-0.25, -0.2) is 0 Å². The second kappa shape index (κ2) is 7.58. The largest absolute Gasteiger partial charge is 0.0843 e. The van der Waals surface area contributed by atoms with Crippen LogP contribution in [-0.2, 0) is 0 Å². The van der Waals surface area contributed by atoms with Gasteiger partial charge in [-0.1, -0.05) is 103 Å². The Hall–Kier alpha value is -3.35. The zero-order valence-electron chi connectivity index (χ0n) is 15.8. The van der Waals surface area contributed by atoms with E-state index in [-0.39, 0.29) is 0 Å². The highest BCUT2D eigenvalue weighted by molar-refractivity contribution is 6.30. The van der Waals surface area contributed by atoms with Crippen molar-refractivity contribution in [2.75, 3.05) is 0 Å². The molecule has 0 bridgehead atoms. The summed E-state index contributed by atoms with van der Waals surface area (Å²) in [4.78, 5) is 0. The second-order valence-corrected chi connectivity index (χ2v) is 7.66. The maximum absolute atomic E-state index is 6.00. The van der Waals surface area contributed by atoms with Crippen molar-refractivity contribution < 1.29 is 0 Å². The van der Waals surface area contributed by atoms with E-state index in [2.05, 4.69) is 103 Å². The molecule has 5 rings (SSSR count). The van der Waals surface area contributed by atoms with Crippen molar-refractivity contribution in [2.45, 2.75) is 0 Å². The summed E-state index contributed by atoms with van der Waals surface area (Å²) in [7, 11) is 0. The van der Waals surface area contributed by atoms with Gasteiger partial charge in [0.2, 0.25) is 0 Å². The molecule has 0 amide bonds. The molecular formula is C28H19Cl. The van der Waals surface area contributed by atoms with Gasteiger partial charge in [-0.15, -0.1) is 0 Å². The third-order valence-corrected chi connectivity index (χ3v) is 5.59. The molecule has 0 aliphatic heterocycles. The van der Waals surface area contributed by atoms with Gasteiger partial charge in [0.15, 0.2) is 0 Å².